The number of aryl methyl sites for hydroxylation is 2. The molecule has 0 saturated heterocycles. The molecule has 2 aromatic rings. The number of nitrogens with one attached hydrogen (secondary N) is 2. The molecule has 11 heteroatoms. The Hall–Kier alpha value is -3.37. The first-order valence-corrected chi connectivity index (χ1v) is 10.6. The molecule has 1 aliphatic carbocycles. The summed E-state index contributed by atoms with van der Waals surface area (Å²) in [5.41, 5.74) is 8.00. The highest BCUT2D eigenvalue weighted by atomic mass is 19.4. The van der Waals surface area contributed by atoms with Gasteiger partial charge in [-0.3, -0.25) is 15.1 Å². The molecule has 1 saturated carbocycles. The number of carbonyl (C=O) groups is 1. The maximum Gasteiger partial charge on any atom is 0.422 e. The van der Waals surface area contributed by atoms with E-state index in [1.807, 2.05) is 0 Å². The highest BCUT2D eigenvalue weighted by Crippen LogP contribution is 2.33. The third kappa shape index (κ3) is 7.33. The Labute approximate surface area is 189 Å². The summed E-state index contributed by atoms with van der Waals surface area (Å²) in [6.45, 7) is 2.73. The van der Waals surface area contributed by atoms with Crippen molar-refractivity contribution in [2.75, 3.05) is 18.1 Å². The summed E-state index contributed by atoms with van der Waals surface area (Å²) in [5.74, 6) is 0.475. The SMILES string of the molecule is Cc1cc(C(=O)NCc2cnc(OCC(F)(F)F)cc2C)cc(N(CCC2CC2)C(=N)N)n1. The Balaban J connectivity index is 1.65. The van der Waals surface area contributed by atoms with Gasteiger partial charge in [0.1, 0.15) is 5.82 Å². The lowest BCUT2D eigenvalue weighted by Crippen LogP contribution is -2.38. The highest BCUT2D eigenvalue weighted by Gasteiger charge is 2.28. The van der Waals surface area contributed by atoms with Gasteiger partial charge in [0.2, 0.25) is 5.88 Å². The number of pyridine rings is 2. The third-order valence-corrected chi connectivity index (χ3v) is 5.24. The van der Waals surface area contributed by atoms with Crippen LogP contribution in [0.2, 0.25) is 0 Å². The van der Waals surface area contributed by atoms with Crippen LogP contribution >= 0.6 is 0 Å². The molecule has 0 aromatic carbocycles. The molecule has 0 aliphatic heterocycles. The molecule has 0 atom stereocenters. The van der Waals surface area contributed by atoms with E-state index in [2.05, 4.69) is 20.0 Å². The lowest BCUT2D eigenvalue weighted by Gasteiger charge is -2.22. The number of halogens is 3. The zero-order chi connectivity index (χ0) is 24.2. The van der Waals surface area contributed by atoms with Gasteiger partial charge in [-0.05, 0) is 49.4 Å². The van der Waals surface area contributed by atoms with E-state index in [0.717, 1.165) is 6.42 Å². The molecule has 178 valence electrons. The number of hydrogen-bond donors (Lipinski definition) is 3. The maximum atomic E-state index is 12.8. The number of hydrogen-bond acceptors (Lipinski definition) is 5. The van der Waals surface area contributed by atoms with Crippen LogP contribution in [0.25, 0.3) is 0 Å². The number of ether oxygens (including phenoxy) is 1. The molecular weight excluding hydrogens is 437 g/mol. The topological polar surface area (TPSA) is 117 Å². The highest BCUT2D eigenvalue weighted by molar-refractivity contribution is 5.97. The number of aromatic nitrogens is 2. The van der Waals surface area contributed by atoms with Crippen molar-refractivity contribution in [1.82, 2.24) is 15.3 Å². The van der Waals surface area contributed by atoms with Crippen LogP contribution in [0.1, 0.15) is 46.4 Å². The Morgan fingerprint density at radius 2 is 2.03 bits per heavy atom. The van der Waals surface area contributed by atoms with Gasteiger partial charge in [-0.25, -0.2) is 9.97 Å². The molecule has 0 spiro atoms. The van der Waals surface area contributed by atoms with E-state index in [0.29, 0.717) is 40.7 Å². The number of rotatable bonds is 9. The van der Waals surface area contributed by atoms with E-state index in [4.69, 9.17) is 11.1 Å². The minimum Gasteiger partial charge on any atom is -0.468 e. The van der Waals surface area contributed by atoms with Crippen molar-refractivity contribution >= 4 is 17.7 Å². The first-order chi connectivity index (χ1) is 15.5. The minimum atomic E-state index is -4.44. The molecule has 1 amide bonds. The van der Waals surface area contributed by atoms with Crippen LogP contribution < -0.4 is 20.7 Å². The van der Waals surface area contributed by atoms with Crippen molar-refractivity contribution in [3.63, 3.8) is 0 Å². The van der Waals surface area contributed by atoms with E-state index in [1.165, 1.54) is 25.1 Å². The smallest absolute Gasteiger partial charge is 0.422 e. The molecule has 3 rings (SSSR count). The second-order valence-electron chi connectivity index (χ2n) is 8.16. The Morgan fingerprint density at radius 3 is 2.64 bits per heavy atom. The fourth-order valence-corrected chi connectivity index (χ4v) is 3.25. The predicted molar refractivity (Wildman–Crippen MR) is 117 cm³/mol. The normalized spacial score (nSPS) is 13.5. The molecule has 33 heavy (non-hydrogen) atoms. The molecule has 0 bridgehead atoms. The zero-order valence-corrected chi connectivity index (χ0v) is 18.5. The van der Waals surface area contributed by atoms with E-state index in [-0.39, 0.29) is 24.3 Å². The summed E-state index contributed by atoms with van der Waals surface area (Å²) in [6, 6.07) is 4.62. The molecule has 0 radical (unpaired) electrons. The van der Waals surface area contributed by atoms with E-state index in [1.54, 1.807) is 30.9 Å². The number of amides is 1. The molecule has 4 N–H and O–H groups in total. The van der Waals surface area contributed by atoms with Crippen molar-refractivity contribution in [3.05, 3.63) is 46.8 Å². The van der Waals surface area contributed by atoms with Gasteiger partial charge in [-0.15, -0.1) is 0 Å². The quantitative estimate of drug-likeness (QED) is 0.387. The zero-order valence-electron chi connectivity index (χ0n) is 18.5. The Morgan fingerprint density at radius 1 is 1.30 bits per heavy atom. The van der Waals surface area contributed by atoms with Crippen LogP contribution in [-0.2, 0) is 6.54 Å². The summed E-state index contributed by atoms with van der Waals surface area (Å²) in [6.07, 6.45) is 0.208. The monoisotopic (exact) mass is 464 g/mol. The number of anilines is 1. The molecule has 2 heterocycles. The van der Waals surface area contributed by atoms with Gasteiger partial charge in [0.15, 0.2) is 12.6 Å². The summed E-state index contributed by atoms with van der Waals surface area (Å²) in [5, 5.41) is 10.7. The fourth-order valence-electron chi connectivity index (χ4n) is 3.25. The van der Waals surface area contributed by atoms with Gasteiger partial charge in [-0.2, -0.15) is 13.2 Å². The number of nitrogens with zero attached hydrogens (tertiary/aromatic N) is 3. The largest absolute Gasteiger partial charge is 0.468 e. The number of guanidine groups is 1. The molecule has 0 unspecified atom stereocenters. The Bertz CT molecular complexity index is 1020. The summed E-state index contributed by atoms with van der Waals surface area (Å²) >= 11 is 0. The second kappa shape index (κ2) is 10.1. The second-order valence-corrected chi connectivity index (χ2v) is 8.16. The van der Waals surface area contributed by atoms with E-state index >= 15 is 0 Å². The van der Waals surface area contributed by atoms with Crippen LogP contribution in [0.5, 0.6) is 5.88 Å². The lowest BCUT2D eigenvalue weighted by molar-refractivity contribution is -0.154. The van der Waals surface area contributed by atoms with E-state index in [9.17, 15) is 18.0 Å². The van der Waals surface area contributed by atoms with Crippen LogP contribution in [0.4, 0.5) is 19.0 Å². The first kappa shape index (κ1) is 24.3. The van der Waals surface area contributed by atoms with Crippen molar-refractivity contribution < 1.29 is 22.7 Å². The van der Waals surface area contributed by atoms with Crippen molar-refractivity contribution in [1.29, 1.82) is 5.41 Å². The van der Waals surface area contributed by atoms with Gasteiger partial charge >= 0.3 is 6.18 Å². The lowest BCUT2D eigenvalue weighted by atomic mass is 10.1. The van der Waals surface area contributed by atoms with Gasteiger partial charge in [-0.1, -0.05) is 12.8 Å². The predicted octanol–water partition coefficient (Wildman–Crippen LogP) is 3.46. The van der Waals surface area contributed by atoms with Crippen LogP contribution in [0, 0.1) is 25.2 Å². The minimum absolute atomic E-state index is 0.130. The molecule has 1 aliphatic rings. The maximum absolute atomic E-state index is 12.8. The van der Waals surface area contributed by atoms with E-state index < -0.39 is 12.8 Å². The average Bonchev–Trinajstić information content (AvgIpc) is 3.55. The molecule has 8 nitrogen and oxygen atoms in total. The number of carbonyl (C=O) groups excluding carboxylic acids is 1. The molecule has 2 aromatic heterocycles. The molecule has 1 fully saturated rings. The van der Waals surface area contributed by atoms with Gasteiger partial charge < -0.3 is 15.8 Å². The average molecular weight is 464 g/mol. The van der Waals surface area contributed by atoms with Gasteiger partial charge in [0.25, 0.3) is 5.91 Å². The molecular formula is C22H27F3N6O2. The van der Waals surface area contributed by atoms with Crippen molar-refractivity contribution in [2.24, 2.45) is 11.7 Å². The van der Waals surface area contributed by atoms with Gasteiger partial charge in [0.05, 0.1) is 0 Å². The standard InChI is InChI=1S/C22H27F3N6O2/c1-13-7-19(33-12-22(23,24)25)28-10-17(13)11-29-20(32)16-8-14(2)30-18(9-16)31(21(26)27)6-5-15-3-4-15/h7-10,15H,3-6,11-12H2,1-2H3,(H3,26,27)(H,29,32). The first-order valence-electron chi connectivity index (χ1n) is 10.6. The van der Waals surface area contributed by atoms with Crippen LogP contribution in [0.3, 0.4) is 0 Å². The van der Waals surface area contributed by atoms with Crippen molar-refractivity contribution in [2.45, 2.75) is 45.8 Å². The van der Waals surface area contributed by atoms with Crippen LogP contribution in [-0.4, -0.2) is 41.2 Å². The van der Waals surface area contributed by atoms with Crippen molar-refractivity contribution in [3.8, 4) is 5.88 Å². The summed E-state index contributed by atoms with van der Waals surface area (Å²) in [4.78, 5) is 22.7. The Kier molecular flexibility index (Phi) is 7.39. The summed E-state index contributed by atoms with van der Waals surface area (Å²) in [7, 11) is 0. The fraction of sp³-hybridized carbons (Fsp3) is 0.455. The van der Waals surface area contributed by atoms with Crippen LogP contribution in [0.15, 0.2) is 24.4 Å². The number of nitrogens with two attached hydrogens (primary N) is 1. The number of alkyl halides is 3. The third-order valence-electron chi connectivity index (χ3n) is 5.24. The summed E-state index contributed by atoms with van der Waals surface area (Å²) < 4.78 is 41.5. The van der Waals surface area contributed by atoms with Gasteiger partial charge in [0, 0.05) is 36.6 Å².